The number of aromatic nitrogens is 1. The fraction of sp³-hybridized carbons (Fsp3) is 0.357. The van der Waals surface area contributed by atoms with Crippen molar-refractivity contribution in [3.8, 4) is 5.75 Å². The zero-order chi connectivity index (χ0) is 13.0. The van der Waals surface area contributed by atoms with Crippen molar-refractivity contribution in [1.29, 1.82) is 0 Å². The van der Waals surface area contributed by atoms with E-state index in [4.69, 9.17) is 5.11 Å². The van der Waals surface area contributed by atoms with Gasteiger partial charge >= 0.3 is 0 Å². The lowest BCUT2D eigenvalue weighted by atomic mass is 10.1. The van der Waals surface area contributed by atoms with Gasteiger partial charge in [0, 0.05) is 24.7 Å². The number of hydrogen-bond acceptors (Lipinski definition) is 4. The molecule has 2 rings (SSSR count). The molecule has 0 saturated carbocycles. The average molecular weight is 246 g/mol. The molecule has 0 aliphatic carbocycles. The largest absolute Gasteiger partial charge is 0.508 e. The van der Waals surface area contributed by atoms with Crippen LogP contribution in [-0.4, -0.2) is 28.3 Å². The van der Waals surface area contributed by atoms with Gasteiger partial charge < -0.3 is 15.5 Å². The maximum absolute atomic E-state index is 9.53. The summed E-state index contributed by atoms with van der Waals surface area (Å²) in [7, 11) is 0. The number of aliphatic hydroxyl groups is 1. The summed E-state index contributed by atoms with van der Waals surface area (Å²) in [6.45, 7) is 3.03. The minimum atomic E-state index is 0.201. The van der Waals surface area contributed by atoms with E-state index in [1.807, 2.05) is 12.1 Å². The Kier molecular flexibility index (Phi) is 3.99. The molecular weight excluding hydrogens is 228 g/mol. The third-order valence-corrected chi connectivity index (χ3v) is 2.99. The summed E-state index contributed by atoms with van der Waals surface area (Å²) in [6, 6.07) is 7.16. The zero-order valence-electron chi connectivity index (χ0n) is 10.4. The summed E-state index contributed by atoms with van der Waals surface area (Å²) < 4.78 is 0. The molecule has 2 aromatic rings. The molecule has 0 aliphatic rings. The average Bonchev–Trinajstić information content (AvgIpc) is 2.36. The van der Waals surface area contributed by atoms with E-state index in [0.717, 1.165) is 29.6 Å². The van der Waals surface area contributed by atoms with Crippen LogP contribution in [0.2, 0.25) is 0 Å². The minimum absolute atomic E-state index is 0.201. The van der Waals surface area contributed by atoms with Gasteiger partial charge in [-0.15, -0.1) is 0 Å². The minimum Gasteiger partial charge on any atom is -0.508 e. The second-order valence-corrected chi connectivity index (χ2v) is 4.56. The normalized spacial score (nSPS) is 12.6. The highest BCUT2D eigenvalue weighted by Gasteiger charge is 2.05. The molecule has 1 aromatic heterocycles. The van der Waals surface area contributed by atoms with Gasteiger partial charge in [-0.3, -0.25) is 0 Å². The van der Waals surface area contributed by atoms with Crippen molar-refractivity contribution in [3.05, 3.63) is 30.5 Å². The number of anilines is 1. The number of phenols is 1. The first-order valence-electron chi connectivity index (χ1n) is 6.13. The monoisotopic (exact) mass is 246 g/mol. The summed E-state index contributed by atoms with van der Waals surface area (Å²) in [5.41, 5.74) is 0. The van der Waals surface area contributed by atoms with Crippen LogP contribution in [0.25, 0.3) is 10.8 Å². The molecule has 3 N–H and O–H groups in total. The van der Waals surface area contributed by atoms with Gasteiger partial charge in [-0.05, 0) is 35.9 Å². The number of pyridine rings is 1. The summed E-state index contributed by atoms with van der Waals surface area (Å²) >= 11 is 0. The standard InChI is InChI=1S/C14H18N2O2/c1-10(5-7-17)9-16-14-13-8-12(18)3-2-11(13)4-6-15-14/h2-4,6,8,10,17-18H,5,7,9H2,1H3,(H,15,16). The molecule has 0 saturated heterocycles. The van der Waals surface area contributed by atoms with Crippen molar-refractivity contribution in [2.45, 2.75) is 13.3 Å². The van der Waals surface area contributed by atoms with E-state index in [1.54, 1.807) is 18.3 Å². The molecule has 1 unspecified atom stereocenters. The van der Waals surface area contributed by atoms with E-state index in [9.17, 15) is 5.11 Å². The lowest BCUT2D eigenvalue weighted by Gasteiger charge is -2.13. The summed E-state index contributed by atoms with van der Waals surface area (Å²) in [5.74, 6) is 1.39. The number of fused-ring (bicyclic) bond motifs is 1. The van der Waals surface area contributed by atoms with Crippen LogP contribution in [0, 0.1) is 5.92 Å². The van der Waals surface area contributed by atoms with Crippen molar-refractivity contribution >= 4 is 16.6 Å². The topological polar surface area (TPSA) is 65.4 Å². The Labute approximate surface area is 106 Å². The van der Waals surface area contributed by atoms with Crippen LogP contribution in [-0.2, 0) is 0 Å². The van der Waals surface area contributed by atoms with Crippen LogP contribution in [0.5, 0.6) is 5.75 Å². The summed E-state index contributed by atoms with van der Waals surface area (Å²) in [6.07, 6.45) is 2.52. The van der Waals surface area contributed by atoms with Crippen molar-refractivity contribution in [1.82, 2.24) is 4.98 Å². The predicted octanol–water partition coefficient (Wildman–Crippen LogP) is 2.37. The molecule has 96 valence electrons. The number of phenolic OH excluding ortho intramolecular Hbond substituents is 1. The van der Waals surface area contributed by atoms with Gasteiger partial charge in [-0.1, -0.05) is 13.0 Å². The second kappa shape index (κ2) is 5.69. The molecule has 1 aromatic carbocycles. The van der Waals surface area contributed by atoms with Crippen molar-refractivity contribution in [2.75, 3.05) is 18.5 Å². The molecule has 0 aliphatic heterocycles. The molecule has 1 atom stereocenters. The van der Waals surface area contributed by atoms with Gasteiger partial charge in [0.2, 0.25) is 0 Å². The molecule has 0 radical (unpaired) electrons. The van der Waals surface area contributed by atoms with Gasteiger partial charge in [0.05, 0.1) is 0 Å². The molecule has 1 heterocycles. The predicted molar refractivity (Wildman–Crippen MR) is 72.8 cm³/mol. The Morgan fingerprint density at radius 3 is 2.94 bits per heavy atom. The smallest absolute Gasteiger partial charge is 0.133 e. The van der Waals surface area contributed by atoms with Crippen LogP contribution in [0.15, 0.2) is 30.5 Å². The Hall–Kier alpha value is -1.81. The highest BCUT2D eigenvalue weighted by Crippen LogP contribution is 2.25. The van der Waals surface area contributed by atoms with E-state index >= 15 is 0 Å². The third kappa shape index (κ3) is 2.90. The van der Waals surface area contributed by atoms with Crippen LogP contribution in [0.1, 0.15) is 13.3 Å². The first-order valence-corrected chi connectivity index (χ1v) is 6.13. The van der Waals surface area contributed by atoms with E-state index in [-0.39, 0.29) is 12.4 Å². The maximum atomic E-state index is 9.53. The number of hydrogen-bond donors (Lipinski definition) is 3. The van der Waals surface area contributed by atoms with Crippen molar-refractivity contribution in [3.63, 3.8) is 0 Å². The van der Waals surface area contributed by atoms with Crippen molar-refractivity contribution < 1.29 is 10.2 Å². The van der Waals surface area contributed by atoms with Gasteiger partial charge in [-0.25, -0.2) is 4.98 Å². The number of nitrogens with zero attached hydrogens (tertiary/aromatic N) is 1. The number of aliphatic hydroxyl groups excluding tert-OH is 1. The number of aromatic hydroxyl groups is 1. The first kappa shape index (κ1) is 12.6. The fourth-order valence-electron chi connectivity index (χ4n) is 1.89. The van der Waals surface area contributed by atoms with Crippen LogP contribution in [0.4, 0.5) is 5.82 Å². The van der Waals surface area contributed by atoms with E-state index < -0.39 is 0 Å². The van der Waals surface area contributed by atoms with Crippen LogP contribution >= 0.6 is 0 Å². The van der Waals surface area contributed by atoms with E-state index in [0.29, 0.717) is 5.92 Å². The van der Waals surface area contributed by atoms with E-state index in [1.165, 1.54) is 0 Å². The number of nitrogens with one attached hydrogen (secondary N) is 1. The summed E-state index contributed by atoms with van der Waals surface area (Å²) in [4.78, 5) is 4.30. The van der Waals surface area contributed by atoms with Crippen molar-refractivity contribution in [2.24, 2.45) is 5.92 Å². The Morgan fingerprint density at radius 1 is 1.33 bits per heavy atom. The van der Waals surface area contributed by atoms with Crippen LogP contribution < -0.4 is 5.32 Å². The molecule has 4 nitrogen and oxygen atoms in total. The lowest BCUT2D eigenvalue weighted by molar-refractivity contribution is 0.266. The Morgan fingerprint density at radius 2 is 2.17 bits per heavy atom. The quantitative estimate of drug-likeness (QED) is 0.757. The number of benzene rings is 1. The third-order valence-electron chi connectivity index (χ3n) is 2.99. The van der Waals surface area contributed by atoms with Gasteiger partial charge in [0.1, 0.15) is 11.6 Å². The fourth-order valence-corrected chi connectivity index (χ4v) is 1.89. The second-order valence-electron chi connectivity index (χ2n) is 4.56. The zero-order valence-corrected chi connectivity index (χ0v) is 10.4. The van der Waals surface area contributed by atoms with Gasteiger partial charge in [-0.2, -0.15) is 0 Å². The Balaban J connectivity index is 2.19. The highest BCUT2D eigenvalue weighted by atomic mass is 16.3. The van der Waals surface area contributed by atoms with Crippen LogP contribution in [0.3, 0.4) is 0 Å². The van der Waals surface area contributed by atoms with Gasteiger partial charge in [0.15, 0.2) is 0 Å². The SMILES string of the molecule is CC(CCO)CNc1nccc2ccc(O)cc12. The highest BCUT2D eigenvalue weighted by molar-refractivity contribution is 5.92. The van der Waals surface area contributed by atoms with Gasteiger partial charge in [0.25, 0.3) is 0 Å². The lowest BCUT2D eigenvalue weighted by Crippen LogP contribution is -2.13. The molecule has 0 bridgehead atoms. The molecule has 0 fully saturated rings. The van der Waals surface area contributed by atoms with E-state index in [2.05, 4.69) is 17.2 Å². The molecule has 18 heavy (non-hydrogen) atoms. The molecular formula is C14H18N2O2. The molecule has 0 amide bonds. The Bertz CT molecular complexity index is 528. The maximum Gasteiger partial charge on any atom is 0.133 e. The molecule has 4 heteroatoms. The first-order chi connectivity index (χ1) is 8.70. The molecule has 0 spiro atoms. The number of rotatable bonds is 5. The summed E-state index contributed by atoms with van der Waals surface area (Å²) in [5, 5.41) is 23.6.